The molecular weight excluding hydrogens is 301 g/mol. The second kappa shape index (κ2) is 5.60. The fourth-order valence-corrected chi connectivity index (χ4v) is 2.67. The van der Waals surface area contributed by atoms with Crippen molar-refractivity contribution < 1.29 is 9.26 Å². The van der Waals surface area contributed by atoms with Crippen molar-refractivity contribution in [1.29, 1.82) is 0 Å². The molecule has 1 aliphatic rings. The second-order valence-electron chi connectivity index (χ2n) is 4.70. The molecule has 0 unspecified atom stereocenters. The molecule has 2 N–H and O–H groups in total. The molecule has 0 atom stereocenters. The molecule has 106 valence electrons. The van der Waals surface area contributed by atoms with Gasteiger partial charge in [0, 0.05) is 24.7 Å². The van der Waals surface area contributed by atoms with E-state index >= 15 is 0 Å². The zero-order valence-electron chi connectivity index (χ0n) is 10.6. The Bertz CT molecular complexity index is 601. The number of nitrogens with zero attached hydrogens (tertiary/aromatic N) is 2. The minimum absolute atomic E-state index is 0.279. The van der Waals surface area contributed by atoms with Crippen molar-refractivity contribution in [3.8, 4) is 11.5 Å². The number of hydrogen-bond acceptors (Lipinski definition) is 5. The number of halogens is 2. The number of benzene rings is 1. The van der Waals surface area contributed by atoms with Crippen molar-refractivity contribution in [3.05, 3.63) is 28.0 Å². The Balaban J connectivity index is 1.89. The van der Waals surface area contributed by atoms with Crippen molar-refractivity contribution in [3.63, 3.8) is 0 Å². The normalized spacial score (nSPS) is 16.5. The fourth-order valence-electron chi connectivity index (χ4n) is 2.18. The average molecular weight is 314 g/mol. The molecule has 1 aliphatic heterocycles. The molecule has 0 spiro atoms. The molecule has 0 aliphatic carbocycles. The minimum Gasteiger partial charge on any atom is -0.396 e. The number of ether oxygens (including phenoxy) is 1. The van der Waals surface area contributed by atoms with Gasteiger partial charge in [-0.2, -0.15) is 4.98 Å². The van der Waals surface area contributed by atoms with Crippen LogP contribution in [0.15, 0.2) is 16.7 Å². The van der Waals surface area contributed by atoms with E-state index in [4.69, 9.17) is 38.2 Å². The van der Waals surface area contributed by atoms with E-state index in [0.29, 0.717) is 33.0 Å². The van der Waals surface area contributed by atoms with Crippen molar-refractivity contribution in [1.82, 2.24) is 10.1 Å². The molecule has 3 rings (SSSR count). The zero-order chi connectivity index (χ0) is 14.1. The summed E-state index contributed by atoms with van der Waals surface area (Å²) in [6.45, 7) is 1.46. The Hall–Kier alpha value is -1.30. The van der Waals surface area contributed by atoms with Gasteiger partial charge in [-0.1, -0.05) is 28.4 Å². The lowest BCUT2D eigenvalue weighted by Crippen LogP contribution is -2.15. The summed E-state index contributed by atoms with van der Waals surface area (Å²) < 4.78 is 10.6. The Labute approximate surface area is 126 Å². The molecule has 2 aromatic rings. The van der Waals surface area contributed by atoms with Crippen LogP contribution in [0.2, 0.25) is 10.0 Å². The molecule has 1 fully saturated rings. The summed E-state index contributed by atoms with van der Waals surface area (Å²) in [5.41, 5.74) is 6.72. The largest absolute Gasteiger partial charge is 0.396 e. The molecule has 1 aromatic heterocycles. The predicted molar refractivity (Wildman–Crippen MR) is 77.0 cm³/mol. The molecule has 0 saturated carbocycles. The van der Waals surface area contributed by atoms with E-state index in [0.717, 1.165) is 26.1 Å². The van der Waals surface area contributed by atoms with Crippen molar-refractivity contribution >= 4 is 28.9 Å². The highest BCUT2D eigenvalue weighted by Crippen LogP contribution is 2.34. The quantitative estimate of drug-likeness (QED) is 0.859. The maximum absolute atomic E-state index is 6.01. The van der Waals surface area contributed by atoms with Gasteiger partial charge in [-0.15, -0.1) is 0 Å². The minimum atomic E-state index is 0.279. The average Bonchev–Trinajstić information content (AvgIpc) is 2.95. The monoisotopic (exact) mass is 313 g/mol. The van der Waals surface area contributed by atoms with Crippen LogP contribution in [0.1, 0.15) is 24.6 Å². The Morgan fingerprint density at radius 3 is 2.45 bits per heavy atom. The Morgan fingerprint density at radius 2 is 1.80 bits per heavy atom. The van der Waals surface area contributed by atoms with Gasteiger partial charge >= 0.3 is 0 Å². The number of rotatable bonds is 2. The number of anilines is 1. The van der Waals surface area contributed by atoms with Gasteiger partial charge in [0.2, 0.25) is 0 Å². The lowest BCUT2D eigenvalue weighted by atomic mass is 10.00. The highest BCUT2D eigenvalue weighted by molar-refractivity contribution is 6.39. The SMILES string of the molecule is Nc1c(Cl)cc(-c2nc(C3CCOCC3)no2)cc1Cl. The summed E-state index contributed by atoms with van der Waals surface area (Å²) in [6, 6.07) is 3.34. The van der Waals surface area contributed by atoms with Gasteiger partial charge in [0.15, 0.2) is 5.82 Å². The van der Waals surface area contributed by atoms with Gasteiger partial charge in [0.05, 0.1) is 15.7 Å². The molecule has 7 heteroatoms. The number of hydrogen-bond donors (Lipinski definition) is 1. The van der Waals surface area contributed by atoms with Gasteiger partial charge in [-0.3, -0.25) is 0 Å². The van der Waals surface area contributed by atoms with Gasteiger partial charge in [0.25, 0.3) is 5.89 Å². The summed E-state index contributed by atoms with van der Waals surface area (Å²) in [5, 5.41) is 4.79. The third-order valence-corrected chi connectivity index (χ3v) is 3.98. The first-order valence-corrected chi connectivity index (χ1v) is 7.07. The Morgan fingerprint density at radius 1 is 1.15 bits per heavy atom. The van der Waals surface area contributed by atoms with Crippen LogP contribution in [0.4, 0.5) is 5.69 Å². The molecule has 20 heavy (non-hydrogen) atoms. The molecular formula is C13H13Cl2N3O2. The second-order valence-corrected chi connectivity index (χ2v) is 5.51. The van der Waals surface area contributed by atoms with Crippen LogP contribution in [-0.4, -0.2) is 23.4 Å². The van der Waals surface area contributed by atoms with E-state index in [1.165, 1.54) is 0 Å². The van der Waals surface area contributed by atoms with E-state index in [-0.39, 0.29) is 5.92 Å². The van der Waals surface area contributed by atoms with E-state index in [1.807, 2.05) is 0 Å². The molecule has 1 aromatic carbocycles. The summed E-state index contributed by atoms with van der Waals surface area (Å²) in [6.07, 6.45) is 1.81. The van der Waals surface area contributed by atoms with Gasteiger partial charge in [0.1, 0.15) is 0 Å². The molecule has 0 bridgehead atoms. The first kappa shape index (κ1) is 13.7. The smallest absolute Gasteiger partial charge is 0.258 e. The van der Waals surface area contributed by atoms with Gasteiger partial charge in [-0.05, 0) is 25.0 Å². The van der Waals surface area contributed by atoms with Crippen LogP contribution >= 0.6 is 23.2 Å². The summed E-state index contributed by atoms with van der Waals surface area (Å²) in [5.74, 6) is 1.38. The van der Waals surface area contributed by atoms with Crippen molar-refractivity contribution in [2.24, 2.45) is 0 Å². The van der Waals surface area contributed by atoms with E-state index in [9.17, 15) is 0 Å². The Kier molecular flexibility index (Phi) is 3.83. The standard InChI is InChI=1S/C13H13Cl2N3O2/c14-9-5-8(6-10(15)11(9)16)13-17-12(18-20-13)7-1-3-19-4-2-7/h5-7H,1-4,16H2. The van der Waals surface area contributed by atoms with Crippen LogP contribution in [-0.2, 0) is 4.74 Å². The van der Waals surface area contributed by atoms with E-state index < -0.39 is 0 Å². The summed E-state index contributed by atoms with van der Waals surface area (Å²) >= 11 is 12.0. The number of nitrogens with two attached hydrogens (primary N) is 1. The zero-order valence-corrected chi connectivity index (χ0v) is 12.1. The maximum Gasteiger partial charge on any atom is 0.258 e. The van der Waals surface area contributed by atoms with Crippen LogP contribution in [0.3, 0.4) is 0 Å². The first-order valence-electron chi connectivity index (χ1n) is 6.31. The van der Waals surface area contributed by atoms with Crippen LogP contribution in [0.25, 0.3) is 11.5 Å². The lowest BCUT2D eigenvalue weighted by molar-refractivity contribution is 0.0830. The highest BCUT2D eigenvalue weighted by atomic mass is 35.5. The number of aromatic nitrogens is 2. The highest BCUT2D eigenvalue weighted by Gasteiger charge is 2.22. The molecule has 0 amide bonds. The van der Waals surface area contributed by atoms with Crippen molar-refractivity contribution in [2.45, 2.75) is 18.8 Å². The van der Waals surface area contributed by atoms with Gasteiger partial charge < -0.3 is 15.0 Å². The third kappa shape index (κ3) is 2.61. The van der Waals surface area contributed by atoms with Gasteiger partial charge in [-0.25, -0.2) is 0 Å². The summed E-state index contributed by atoms with van der Waals surface area (Å²) in [4.78, 5) is 4.42. The predicted octanol–water partition coefficient (Wildman–Crippen LogP) is 3.52. The fraction of sp³-hybridized carbons (Fsp3) is 0.385. The van der Waals surface area contributed by atoms with E-state index in [2.05, 4.69) is 10.1 Å². The molecule has 0 radical (unpaired) electrons. The summed E-state index contributed by atoms with van der Waals surface area (Å²) in [7, 11) is 0. The molecule has 5 nitrogen and oxygen atoms in total. The lowest BCUT2D eigenvalue weighted by Gasteiger charge is -2.18. The number of nitrogen functional groups attached to an aromatic ring is 1. The molecule has 1 saturated heterocycles. The third-order valence-electron chi connectivity index (χ3n) is 3.35. The van der Waals surface area contributed by atoms with E-state index in [1.54, 1.807) is 12.1 Å². The maximum atomic E-state index is 6.01. The topological polar surface area (TPSA) is 74.2 Å². The van der Waals surface area contributed by atoms with Crippen LogP contribution < -0.4 is 5.73 Å². The van der Waals surface area contributed by atoms with Crippen LogP contribution in [0, 0.1) is 0 Å². The molecule has 2 heterocycles. The van der Waals surface area contributed by atoms with Crippen LogP contribution in [0.5, 0.6) is 0 Å². The van der Waals surface area contributed by atoms with Crippen molar-refractivity contribution in [2.75, 3.05) is 18.9 Å². The first-order chi connectivity index (χ1) is 9.65.